The Morgan fingerprint density at radius 2 is 1.97 bits per heavy atom. The van der Waals surface area contributed by atoms with Crippen molar-refractivity contribution in [2.45, 2.75) is 6.42 Å². The number of benzene rings is 1. The highest BCUT2D eigenvalue weighted by Crippen LogP contribution is 2.27. The first-order valence-corrected chi connectivity index (χ1v) is 10.8. The average molecular weight is 448 g/mol. The summed E-state index contributed by atoms with van der Waals surface area (Å²) in [5.74, 6) is 1.03. The molecule has 1 aliphatic heterocycles. The molecule has 5 rings (SSSR count). The van der Waals surface area contributed by atoms with Crippen molar-refractivity contribution in [3.63, 3.8) is 0 Å². The topological polar surface area (TPSA) is 108 Å². The molecule has 1 fully saturated rings. The number of carboxylic acids is 1. The Morgan fingerprint density at radius 1 is 1.12 bits per heavy atom. The van der Waals surface area contributed by atoms with Gasteiger partial charge >= 0.3 is 5.97 Å². The fourth-order valence-corrected chi connectivity index (χ4v) is 3.88. The standard InChI is InChI=1S/C23H24N6O4/c30-23(31)12-17-4-5-28(16-17)21-14-24-15-22(26-21)29-19-2-1-3-20(18(19)13-25-29)33-11-8-27-6-9-32-10-7-27/h1-5,13-16H,6-12H2,(H,30,31). The largest absolute Gasteiger partial charge is 0.491 e. The number of hydrogen-bond acceptors (Lipinski definition) is 7. The van der Waals surface area contributed by atoms with E-state index in [1.54, 1.807) is 46.3 Å². The zero-order valence-electron chi connectivity index (χ0n) is 18.0. The van der Waals surface area contributed by atoms with Gasteiger partial charge in [0.25, 0.3) is 0 Å². The van der Waals surface area contributed by atoms with Gasteiger partial charge in [0.05, 0.1) is 49.1 Å². The lowest BCUT2D eigenvalue weighted by molar-refractivity contribution is -0.136. The van der Waals surface area contributed by atoms with Crippen molar-refractivity contribution in [2.75, 3.05) is 39.5 Å². The molecule has 4 aromatic rings. The molecule has 10 heteroatoms. The Balaban J connectivity index is 1.36. The maximum Gasteiger partial charge on any atom is 0.307 e. The van der Waals surface area contributed by atoms with E-state index in [4.69, 9.17) is 14.6 Å². The van der Waals surface area contributed by atoms with E-state index in [0.717, 1.165) is 49.5 Å². The summed E-state index contributed by atoms with van der Waals surface area (Å²) in [5, 5.41) is 14.4. The molecular weight excluding hydrogens is 424 g/mol. The van der Waals surface area contributed by atoms with E-state index in [2.05, 4.69) is 20.0 Å². The Morgan fingerprint density at radius 3 is 2.82 bits per heavy atom. The lowest BCUT2D eigenvalue weighted by Gasteiger charge is -2.26. The summed E-state index contributed by atoms with van der Waals surface area (Å²) in [6.07, 6.45) is 8.51. The van der Waals surface area contributed by atoms with Gasteiger partial charge in [-0.15, -0.1) is 0 Å². The molecule has 0 saturated carbocycles. The first-order chi connectivity index (χ1) is 16.2. The van der Waals surface area contributed by atoms with Crippen LogP contribution in [0.4, 0.5) is 0 Å². The minimum absolute atomic E-state index is 0.0434. The summed E-state index contributed by atoms with van der Waals surface area (Å²) in [4.78, 5) is 22.3. The van der Waals surface area contributed by atoms with Crippen LogP contribution in [-0.4, -0.2) is 79.7 Å². The van der Waals surface area contributed by atoms with Crippen LogP contribution in [0.3, 0.4) is 0 Å². The number of carbonyl (C=O) groups is 1. The maximum atomic E-state index is 11.0. The van der Waals surface area contributed by atoms with Gasteiger partial charge in [0.15, 0.2) is 11.6 Å². The lowest BCUT2D eigenvalue weighted by Crippen LogP contribution is -2.38. The van der Waals surface area contributed by atoms with Crippen LogP contribution >= 0.6 is 0 Å². The fourth-order valence-electron chi connectivity index (χ4n) is 3.88. The zero-order chi connectivity index (χ0) is 22.6. The molecule has 1 aromatic carbocycles. The average Bonchev–Trinajstić information content (AvgIpc) is 3.47. The molecular formula is C23H24N6O4. The van der Waals surface area contributed by atoms with Crippen LogP contribution < -0.4 is 4.74 Å². The van der Waals surface area contributed by atoms with Gasteiger partial charge in [-0.3, -0.25) is 14.7 Å². The predicted octanol–water partition coefficient (Wildman–Crippen LogP) is 1.94. The van der Waals surface area contributed by atoms with Gasteiger partial charge in [0, 0.05) is 32.0 Å². The second-order valence-corrected chi connectivity index (χ2v) is 7.78. The molecule has 0 atom stereocenters. The molecule has 0 aliphatic carbocycles. The molecule has 170 valence electrons. The summed E-state index contributed by atoms with van der Waals surface area (Å²) >= 11 is 0. The quantitative estimate of drug-likeness (QED) is 0.436. The van der Waals surface area contributed by atoms with E-state index >= 15 is 0 Å². The summed E-state index contributed by atoms with van der Waals surface area (Å²) in [7, 11) is 0. The van der Waals surface area contributed by atoms with E-state index in [9.17, 15) is 4.79 Å². The second kappa shape index (κ2) is 9.39. The monoisotopic (exact) mass is 448 g/mol. The van der Waals surface area contributed by atoms with Gasteiger partial charge in [0.2, 0.25) is 0 Å². The van der Waals surface area contributed by atoms with Crippen molar-refractivity contribution in [1.82, 2.24) is 29.2 Å². The summed E-state index contributed by atoms with van der Waals surface area (Å²) in [5.41, 5.74) is 1.56. The Labute approximate surface area is 190 Å². The van der Waals surface area contributed by atoms with Crippen LogP contribution in [0.25, 0.3) is 22.5 Å². The Hall–Kier alpha value is -3.76. The minimum atomic E-state index is -0.876. The maximum absolute atomic E-state index is 11.0. The number of aliphatic carboxylic acids is 1. The third kappa shape index (κ3) is 4.71. The molecule has 10 nitrogen and oxygen atoms in total. The van der Waals surface area contributed by atoms with Gasteiger partial charge in [-0.1, -0.05) is 6.07 Å². The number of nitrogens with zero attached hydrogens (tertiary/aromatic N) is 6. The molecule has 4 heterocycles. The molecule has 0 radical (unpaired) electrons. The van der Waals surface area contributed by atoms with Crippen LogP contribution in [0.15, 0.2) is 55.2 Å². The van der Waals surface area contributed by atoms with Crippen molar-refractivity contribution >= 4 is 16.9 Å². The number of rotatable bonds is 8. The van der Waals surface area contributed by atoms with Gasteiger partial charge in [-0.05, 0) is 23.8 Å². The molecule has 1 saturated heterocycles. The van der Waals surface area contributed by atoms with Crippen LogP contribution in [-0.2, 0) is 16.0 Å². The smallest absolute Gasteiger partial charge is 0.307 e. The van der Waals surface area contributed by atoms with Crippen molar-refractivity contribution in [2.24, 2.45) is 0 Å². The normalized spacial score (nSPS) is 14.5. The van der Waals surface area contributed by atoms with E-state index in [0.29, 0.717) is 23.8 Å². The van der Waals surface area contributed by atoms with E-state index < -0.39 is 5.97 Å². The fraction of sp³-hybridized carbons (Fsp3) is 0.304. The lowest BCUT2D eigenvalue weighted by atomic mass is 10.2. The molecule has 0 amide bonds. The van der Waals surface area contributed by atoms with E-state index in [1.807, 2.05) is 18.2 Å². The van der Waals surface area contributed by atoms with Gasteiger partial charge in [0.1, 0.15) is 12.4 Å². The number of aromatic nitrogens is 5. The number of ether oxygens (including phenoxy) is 2. The first kappa shape index (κ1) is 21.1. The number of hydrogen-bond donors (Lipinski definition) is 1. The van der Waals surface area contributed by atoms with Crippen LogP contribution in [0.2, 0.25) is 0 Å². The van der Waals surface area contributed by atoms with E-state index in [1.165, 1.54) is 0 Å². The highest BCUT2D eigenvalue weighted by atomic mass is 16.5. The summed E-state index contributed by atoms with van der Waals surface area (Å²) in [6.45, 7) is 4.84. The summed E-state index contributed by atoms with van der Waals surface area (Å²) in [6, 6.07) is 7.60. The van der Waals surface area contributed by atoms with Crippen LogP contribution in [0.5, 0.6) is 5.75 Å². The zero-order valence-corrected chi connectivity index (χ0v) is 18.0. The minimum Gasteiger partial charge on any atom is -0.491 e. The van der Waals surface area contributed by atoms with Crippen molar-refractivity contribution in [3.05, 3.63) is 60.8 Å². The third-order valence-corrected chi connectivity index (χ3v) is 5.54. The number of morpholine rings is 1. The Bertz CT molecular complexity index is 1260. The van der Waals surface area contributed by atoms with Crippen LogP contribution in [0, 0.1) is 0 Å². The number of carboxylic acid groups (broad SMARTS) is 1. The summed E-state index contributed by atoms with van der Waals surface area (Å²) < 4.78 is 14.9. The van der Waals surface area contributed by atoms with Gasteiger partial charge in [-0.25, -0.2) is 9.67 Å². The van der Waals surface area contributed by atoms with E-state index in [-0.39, 0.29) is 6.42 Å². The molecule has 33 heavy (non-hydrogen) atoms. The molecule has 1 aliphatic rings. The Kier molecular flexibility index (Phi) is 6.01. The molecule has 0 unspecified atom stereocenters. The van der Waals surface area contributed by atoms with Gasteiger partial charge in [-0.2, -0.15) is 5.10 Å². The van der Waals surface area contributed by atoms with Gasteiger partial charge < -0.3 is 19.1 Å². The highest BCUT2D eigenvalue weighted by Gasteiger charge is 2.14. The predicted molar refractivity (Wildman–Crippen MR) is 120 cm³/mol. The number of fused-ring (bicyclic) bond motifs is 1. The highest BCUT2D eigenvalue weighted by molar-refractivity contribution is 5.86. The van der Waals surface area contributed by atoms with Crippen molar-refractivity contribution in [3.8, 4) is 17.4 Å². The molecule has 0 spiro atoms. The van der Waals surface area contributed by atoms with Crippen molar-refractivity contribution < 1.29 is 19.4 Å². The molecule has 0 bridgehead atoms. The molecule has 3 aromatic heterocycles. The molecule has 1 N–H and O–H groups in total. The third-order valence-electron chi connectivity index (χ3n) is 5.54. The van der Waals surface area contributed by atoms with Crippen molar-refractivity contribution in [1.29, 1.82) is 0 Å². The van der Waals surface area contributed by atoms with Crippen LogP contribution in [0.1, 0.15) is 5.56 Å². The second-order valence-electron chi connectivity index (χ2n) is 7.78. The SMILES string of the molecule is O=C(O)Cc1ccn(-c2cncc(-n3ncc4c(OCCN5CCOCC5)cccc43)n2)c1. The first-order valence-electron chi connectivity index (χ1n) is 10.8.